The summed E-state index contributed by atoms with van der Waals surface area (Å²) in [5.74, 6) is -0.268. The van der Waals surface area contributed by atoms with Crippen molar-refractivity contribution < 1.29 is 9.18 Å². The number of carbonyl (C=O) groups excluding carboxylic acids is 1. The number of benzene rings is 3. The van der Waals surface area contributed by atoms with Crippen molar-refractivity contribution in [1.29, 1.82) is 0 Å². The molecule has 0 fully saturated rings. The molecule has 6 heteroatoms. The van der Waals surface area contributed by atoms with Crippen LogP contribution in [-0.4, -0.2) is 11.7 Å². The molecule has 0 radical (unpaired) electrons. The van der Waals surface area contributed by atoms with E-state index in [0.717, 1.165) is 10.0 Å². The van der Waals surface area contributed by atoms with E-state index in [1.54, 1.807) is 42.5 Å². The molecule has 3 nitrogen and oxygen atoms in total. The van der Waals surface area contributed by atoms with Gasteiger partial charge in [0.15, 0.2) is 0 Å². The van der Waals surface area contributed by atoms with E-state index in [1.807, 2.05) is 24.3 Å². The third-order valence-electron chi connectivity index (χ3n) is 4.25. The van der Waals surface area contributed by atoms with Crippen LogP contribution in [0.3, 0.4) is 0 Å². The zero-order chi connectivity index (χ0) is 19.7. The molecule has 4 rings (SSSR count). The van der Waals surface area contributed by atoms with Crippen LogP contribution >= 0.6 is 27.5 Å². The van der Waals surface area contributed by atoms with Gasteiger partial charge >= 0.3 is 0 Å². The van der Waals surface area contributed by atoms with Crippen molar-refractivity contribution in [3.05, 3.63) is 105 Å². The van der Waals surface area contributed by atoms with Gasteiger partial charge in [0.05, 0.1) is 5.69 Å². The third kappa shape index (κ3) is 3.63. The van der Waals surface area contributed by atoms with E-state index in [4.69, 9.17) is 11.6 Å². The number of rotatable bonds is 3. The van der Waals surface area contributed by atoms with Crippen molar-refractivity contribution in [2.45, 2.75) is 0 Å². The molecule has 28 heavy (non-hydrogen) atoms. The first-order valence-corrected chi connectivity index (χ1v) is 9.61. The van der Waals surface area contributed by atoms with Crippen LogP contribution < -0.4 is 4.90 Å². The van der Waals surface area contributed by atoms with Crippen LogP contribution in [0.2, 0.25) is 5.02 Å². The number of hydrogen-bond donors (Lipinski definition) is 0. The molecule has 0 N–H and O–H groups in total. The highest BCUT2D eigenvalue weighted by Gasteiger charge is 2.32. The minimum absolute atomic E-state index is 0.165. The minimum atomic E-state index is -0.409. The summed E-state index contributed by atoms with van der Waals surface area (Å²) >= 11 is 9.39. The lowest BCUT2D eigenvalue weighted by molar-refractivity contribution is -0.113. The lowest BCUT2D eigenvalue weighted by Gasteiger charge is -2.18. The Labute approximate surface area is 174 Å². The van der Waals surface area contributed by atoms with Crippen molar-refractivity contribution in [3.8, 4) is 0 Å². The lowest BCUT2D eigenvalue weighted by atomic mass is 10.1. The summed E-state index contributed by atoms with van der Waals surface area (Å²) in [5.41, 5.74) is 1.87. The molecule has 0 bridgehead atoms. The molecule has 1 aliphatic rings. The maximum atomic E-state index is 14.1. The predicted octanol–water partition coefficient (Wildman–Crippen LogP) is 6.08. The average molecular weight is 456 g/mol. The zero-order valence-electron chi connectivity index (χ0n) is 14.4. The van der Waals surface area contributed by atoms with Crippen LogP contribution in [0.5, 0.6) is 0 Å². The monoisotopic (exact) mass is 454 g/mol. The van der Waals surface area contributed by atoms with Crippen molar-refractivity contribution in [1.82, 2.24) is 0 Å². The first-order valence-electron chi connectivity index (χ1n) is 8.44. The van der Waals surface area contributed by atoms with Crippen molar-refractivity contribution in [2.24, 2.45) is 4.99 Å². The SMILES string of the molecule is O=C1/C(=C\c2ccccc2F)N=C(c2ccc(Cl)cc2)N1c1ccc(Br)cc1. The molecule has 1 heterocycles. The van der Waals surface area contributed by atoms with E-state index in [9.17, 15) is 9.18 Å². The van der Waals surface area contributed by atoms with Gasteiger partial charge < -0.3 is 0 Å². The van der Waals surface area contributed by atoms with Gasteiger partial charge in [0.2, 0.25) is 0 Å². The molecule has 0 aliphatic carbocycles. The van der Waals surface area contributed by atoms with Gasteiger partial charge in [-0.1, -0.05) is 45.7 Å². The molecular weight excluding hydrogens is 443 g/mol. The number of carbonyl (C=O) groups is 1. The number of hydrogen-bond acceptors (Lipinski definition) is 2. The maximum absolute atomic E-state index is 14.1. The second kappa shape index (κ2) is 7.70. The highest BCUT2D eigenvalue weighted by atomic mass is 79.9. The topological polar surface area (TPSA) is 32.7 Å². The van der Waals surface area contributed by atoms with Gasteiger partial charge in [0, 0.05) is 20.6 Å². The molecular formula is C22H13BrClFN2O. The summed E-state index contributed by atoms with van der Waals surface area (Å²) in [7, 11) is 0. The molecule has 1 amide bonds. The molecule has 138 valence electrons. The summed E-state index contributed by atoms with van der Waals surface area (Å²) in [6.07, 6.45) is 1.46. The van der Waals surface area contributed by atoms with Crippen molar-refractivity contribution in [3.63, 3.8) is 0 Å². The van der Waals surface area contributed by atoms with Gasteiger partial charge in [-0.2, -0.15) is 0 Å². The standard InChI is InChI=1S/C22H13BrClFN2O/c23-16-7-11-18(12-8-16)27-21(14-5-9-17(24)10-6-14)26-20(22(27)28)13-15-3-1-2-4-19(15)25/h1-13H/b20-13+. The molecule has 0 saturated heterocycles. The van der Waals surface area contributed by atoms with Crippen LogP contribution in [0.4, 0.5) is 10.1 Å². The van der Waals surface area contributed by atoms with Crippen LogP contribution in [-0.2, 0) is 4.79 Å². The Bertz CT molecular complexity index is 1110. The van der Waals surface area contributed by atoms with E-state index >= 15 is 0 Å². The smallest absolute Gasteiger partial charge is 0.266 e. The number of amides is 1. The normalized spacial score (nSPS) is 15.2. The van der Waals surface area contributed by atoms with Gasteiger partial charge in [-0.05, 0) is 60.7 Å². The van der Waals surface area contributed by atoms with E-state index in [0.29, 0.717) is 22.1 Å². The molecule has 3 aromatic carbocycles. The first-order chi connectivity index (χ1) is 13.5. The molecule has 3 aromatic rings. The minimum Gasteiger partial charge on any atom is -0.266 e. The second-order valence-corrected chi connectivity index (χ2v) is 7.46. The van der Waals surface area contributed by atoms with Crippen LogP contribution in [0.1, 0.15) is 11.1 Å². The number of anilines is 1. The summed E-state index contributed by atoms with van der Waals surface area (Å²) in [5, 5.41) is 0.589. The average Bonchev–Trinajstić information content (AvgIpc) is 3.01. The highest BCUT2D eigenvalue weighted by Crippen LogP contribution is 2.29. The molecule has 0 atom stereocenters. The largest absolute Gasteiger partial charge is 0.282 e. The predicted molar refractivity (Wildman–Crippen MR) is 114 cm³/mol. The van der Waals surface area contributed by atoms with Crippen LogP contribution in [0, 0.1) is 5.82 Å². The first kappa shape index (κ1) is 18.6. The van der Waals surface area contributed by atoms with E-state index in [1.165, 1.54) is 17.0 Å². The van der Waals surface area contributed by atoms with Gasteiger partial charge in [-0.15, -0.1) is 0 Å². The second-order valence-electron chi connectivity index (χ2n) is 6.11. The van der Waals surface area contributed by atoms with Crippen LogP contribution in [0.25, 0.3) is 6.08 Å². The van der Waals surface area contributed by atoms with E-state index < -0.39 is 5.82 Å². The fraction of sp³-hybridized carbons (Fsp3) is 0. The molecule has 0 spiro atoms. The van der Waals surface area contributed by atoms with Gasteiger partial charge in [0.1, 0.15) is 17.3 Å². The van der Waals surface area contributed by atoms with E-state index in [2.05, 4.69) is 20.9 Å². The Hall–Kier alpha value is -2.76. The van der Waals surface area contributed by atoms with Gasteiger partial charge in [-0.3, -0.25) is 9.69 Å². The summed E-state index contributed by atoms with van der Waals surface area (Å²) in [6.45, 7) is 0. The molecule has 0 aromatic heterocycles. The Morgan fingerprint density at radius 1 is 0.964 bits per heavy atom. The summed E-state index contributed by atoms with van der Waals surface area (Å²) < 4.78 is 15.0. The molecule has 0 saturated carbocycles. The number of nitrogens with zero attached hydrogens (tertiary/aromatic N) is 2. The number of amidine groups is 1. The number of halogens is 3. The summed E-state index contributed by atoms with van der Waals surface area (Å²) in [6, 6.07) is 20.7. The van der Waals surface area contributed by atoms with Crippen molar-refractivity contribution in [2.75, 3.05) is 4.90 Å². The molecule has 1 aliphatic heterocycles. The Morgan fingerprint density at radius 3 is 2.32 bits per heavy atom. The van der Waals surface area contributed by atoms with Crippen LogP contribution in [0.15, 0.2) is 88.0 Å². The fourth-order valence-corrected chi connectivity index (χ4v) is 3.27. The molecule has 0 unspecified atom stereocenters. The lowest BCUT2D eigenvalue weighted by Crippen LogP contribution is -2.32. The highest BCUT2D eigenvalue weighted by molar-refractivity contribution is 9.10. The maximum Gasteiger partial charge on any atom is 0.282 e. The van der Waals surface area contributed by atoms with Gasteiger partial charge in [0.25, 0.3) is 5.91 Å². The number of aliphatic imine (C=N–C) groups is 1. The quantitative estimate of drug-likeness (QED) is 0.441. The zero-order valence-corrected chi connectivity index (χ0v) is 16.8. The Morgan fingerprint density at radius 2 is 1.64 bits per heavy atom. The van der Waals surface area contributed by atoms with E-state index in [-0.39, 0.29) is 11.6 Å². The van der Waals surface area contributed by atoms with Crippen molar-refractivity contribution >= 4 is 51.0 Å². The van der Waals surface area contributed by atoms with Gasteiger partial charge in [-0.25, -0.2) is 9.38 Å². The Balaban J connectivity index is 1.84. The fourth-order valence-electron chi connectivity index (χ4n) is 2.88. The Kier molecular flexibility index (Phi) is 5.11. The third-order valence-corrected chi connectivity index (χ3v) is 5.03. The summed E-state index contributed by atoms with van der Waals surface area (Å²) in [4.78, 5) is 19.2.